The van der Waals surface area contributed by atoms with Crippen molar-refractivity contribution in [3.05, 3.63) is 218 Å². The van der Waals surface area contributed by atoms with Crippen LogP contribution in [0.2, 0.25) is 0 Å². The number of fused-ring (bicyclic) bond motifs is 9. The highest BCUT2D eigenvalue weighted by atomic mass is 31.2. The van der Waals surface area contributed by atoms with Crippen LogP contribution in [-0.2, 0) is 4.57 Å². The second-order valence-electron chi connectivity index (χ2n) is 15.7. The zero-order valence-corrected chi connectivity index (χ0v) is 33.9. The van der Waals surface area contributed by atoms with Gasteiger partial charge in [0.05, 0.1) is 22.4 Å². The van der Waals surface area contributed by atoms with Gasteiger partial charge in [-0.3, -0.25) is 4.57 Å². The van der Waals surface area contributed by atoms with Gasteiger partial charge in [-0.05, 0) is 45.3 Å². The monoisotopic (exact) mass is 797 g/mol. The third kappa shape index (κ3) is 5.57. The molecule has 12 rings (SSSR count). The molecule has 3 heterocycles. The Morgan fingerprint density at radius 3 is 1.51 bits per heavy atom. The van der Waals surface area contributed by atoms with Crippen molar-refractivity contribution in [3.8, 4) is 61.8 Å². The molecule has 0 saturated carbocycles. The van der Waals surface area contributed by atoms with Gasteiger partial charge in [-0.1, -0.05) is 206 Å². The summed E-state index contributed by atoms with van der Waals surface area (Å²) in [5.41, 5.74) is 12.1. The molecular weight excluding hydrogens is 762 g/mol. The Morgan fingerprint density at radius 2 is 0.869 bits per heavy atom. The summed E-state index contributed by atoms with van der Waals surface area (Å²) in [7, 11) is -3.24. The summed E-state index contributed by atoms with van der Waals surface area (Å²) in [6, 6.07) is 75.7. The molecule has 0 spiro atoms. The molecule has 5 heteroatoms. The molecule has 0 amide bonds. The molecule has 0 saturated heterocycles. The summed E-state index contributed by atoms with van der Waals surface area (Å²) in [6.07, 6.45) is 0. The van der Waals surface area contributed by atoms with Gasteiger partial charge in [0.1, 0.15) is 0 Å². The van der Waals surface area contributed by atoms with Crippen LogP contribution in [0.25, 0.3) is 94.4 Å². The van der Waals surface area contributed by atoms with Crippen LogP contribution in [0.5, 0.6) is 0 Å². The summed E-state index contributed by atoms with van der Waals surface area (Å²) >= 11 is 0. The zero-order chi connectivity index (χ0) is 40.5. The lowest BCUT2D eigenvalue weighted by molar-refractivity contribution is 0.593. The predicted molar refractivity (Wildman–Crippen MR) is 254 cm³/mol. The molecule has 0 N–H and O–H groups in total. The third-order valence-electron chi connectivity index (χ3n) is 12.3. The van der Waals surface area contributed by atoms with Crippen LogP contribution < -0.4 is 15.9 Å². The first kappa shape index (κ1) is 35.3. The van der Waals surface area contributed by atoms with Crippen molar-refractivity contribution in [1.29, 1.82) is 0 Å². The molecule has 61 heavy (non-hydrogen) atoms. The normalized spacial score (nSPS) is 14.4. The molecule has 2 aromatic heterocycles. The molecule has 0 radical (unpaired) electrons. The average molecular weight is 798 g/mol. The molecule has 4 nitrogen and oxygen atoms in total. The Hall–Kier alpha value is -7.65. The van der Waals surface area contributed by atoms with Crippen molar-refractivity contribution in [2.24, 2.45) is 0 Å². The Morgan fingerprint density at radius 1 is 0.377 bits per heavy atom. The average Bonchev–Trinajstić information content (AvgIpc) is 3.82. The summed E-state index contributed by atoms with van der Waals surface area (Å²) in [5.74, 6) is 0.551. The summed E-state index contributed by atoms with van der Waals surface area (Å²) in [5, 5.41) is 6.89. The molecule has 1 aliphatic rings. The van der Waals surface area contributed by atoms with Crippen LogP contribution in [0.15, 0.2) is 218 Å². The Kier molecular flexibility index (Phi) is 8.09. The van der Waals surface area contributed by atoms with Crippen molar-refractivity contribution in [2.45, 2.75) is 0 Å². The Bertz CT molecular complexity index is 3420. The zero-order valence-electron chi connectivity index (χ0n) is 33.0. The molecular formula is C56H36N3OP. The van der Waals surface area contributed by atoms with Gasteiger partial charge in [0.2, 0.25) is 5.95 Å². The number of nitrogens with zero attached hydrogens (tertiary/aromatic N) is 3. The van der Waals surface area contributed by atoms with E-state index in [2.05, 4.69) is 168 Å². The summed E-state index contributed by atoms with van der Waals surface area (Å²) in [6.45, 7) is 0. The van der Waals surface area contributed by atoms with Crippen molar-refractivity contribution in [3.63, 3.8) is 0 Å². The van der Waals surface area contributed by atoms with E-state index in [1.165, 1.54) is 0 Å². The van der Waals surface area contributed by atoms with Crippen molar-refractivity contribution < 1.29 is 4.57 Å². The summed E-state index contributed by atoms with van der Waals surface area (Å²) in [4.78, 5) is 11.0. The fourth-order valence-corrected chi connectivity index (χ4v) is 12.4. The van der Waals surface area contributed by atoms with E-state index in [0.717, 1.165) is 104 Å². The maximum absolute atomic E-state index is 15.9. The highest BCUT2D eigenvalue weighted by Crippen LogP contribution is 2.55. The van der Waals surface area contributed by atoms with E-state index in [-0.39, 0.29) is 0 Å². The SMILES string of the molecule is O=P1(c2ccccc2)c2ccccc2-c2c1ccc1c3ccc4ccccc4c3n(-c3nc(-c4ccc(-c5ccccc5)cc4)cc(-c4ccc(-c5ccccc5)cc4)n3)c21. The first-order valence-electron chi connectivity index (χ1n) is 20.6. The van der Waals surface area contributed by atoms with E-state index in [1.807, 2.05) is 54.6 Å². The van der Waals surface area contributed by atoms with Gasteiger partial charge in [-0.15, -0.1) is 0 Å². The minimum Gasteiger partial charge on any atom is -0.309 e. The quantitative estimate of drug-likeness (QED) is 0.157. The molecule has 9 aromatic carbocycles. The first-order chi connectivity index (χ1) is 30.1. The van der Waals surface area contributed by atoms with Crippen LogP contribution in [0.4, 0.5) is 0 Å². The molecule has 11 aromatic rings. The number of hydrogen-bond donors (Lipinski definition) is 0. The van der Waals surface area contributed by atoms with Gasteiger partial charge < -0.3 is 4.57 Å². The number of benzene rings is 9. The van der Waals surface area contributed by atoms with Gasteiger partial charge in [0.15, 0.2) is 7.14 Å². The van der Waals surface area contributed by atoms with Crippen LogP contribution >= 0.6 is 7.14 Å². The van der Waals surface area contributed by atoms with Crippen LogP contribution in [0.1, 0.15) is 0 Å². The minimum absolute atomic E-state index is 0.551. The van der Waals surface area contributed by atoms with E-state index in [1.54, 1.807) is 0 Å². The predicted octanol–water partition coefficient (Wildman–Crippen LogP) is 13.0. The third-order valence-corrected chi connectivity index (χ3v) is 15.4. The van der Waals surface area contributed by atoms with Crippen molar-refractivity contribution in [1.82, 2.24) is 14.5 Å². The van der Waals surface area contributed by atoms with Gasteiger partial charge in [-0.2, -0.15) is 0 Å². The molecule has 0 aliphatic carbocycles. The molecule has 0 fully saturated rings. The summed E-state index contributed by atoms with van der Waals surface area (Å²) < 4.78 is 18.1. The Balaban J connectivity index is 1.17. The van der Waals surface area contributed by atoms with Crippen molar-refractivity contribution >= 4 is 55.6 Å². The first-order valence-corrected chi connectivity index (χ1v) is 22.3. The van der Waals surface area contributed by atoms with E-state index in [4.69, 9.17) is 9.97 Å². The smallest absolute Gasteiger partial charge is 0.235 e. The minimum atomic E-state index is -3.24. The lowest BCUT2D eigenvalue weighted by atomic mass is 10.0. The van der Waals surface area contributed by atoms with Crippen LogP contribution in [-0.4, -0.2) is 14.5 Å². The van der Waals surface area contributed by atoms with E-state index < -0.39 is 7.14 Å². The van der Waals surface area contributed by atoms with Crippen LogP contribution in [0.3, 0.4) is 0 Å². The fraction of sp³-hybridized carbons (Fsp3) is 0. The van der Waals surface area contributed by atoms with E-state index >= 15 is 4.57 Å². The van der Waals surface area contributed by atoms with Gasteiger partial charge in [0.25, 0.3) is 0 Å². The molecule has 1 unspecified atom stereocenters. The van der Waals surface area contributed by atoms with Gasteiger partial charge in [-0.25, -0.2) is 9.97 Å². The van der Waals surface area contributed by atoms with E-state index in [0.29, 0.717) is 5.95 Å². The lowest BCUT2D eigenvalue weighted by Crippen LogP contribution is -2.20. The maximum atomic E-state index is 15.9. The number of hydrogen-bond acceptors (Lipinski definition) is 3. The Labute approximate surface area is 353 Å². The van der Waals surface area contributed by atoms with E-state index in [9.17, 15) is 0 Å². The highest BCUT2D eigenvalue weighted by Gasteiger charge is 2.42. The topological polar surface area (TPSA) is 47.8 Å². The standard InChI is InChI=1S/C56H36N3OP/c60-61(44-19-8-3-9-20-44)51-23-13-12-22-48(51)53-52(61)35-34-47-46-33-32-41-18-10-11-21-45(41)54(46)59(55(47)53)56-57-49(42-28-24-39(25-29-42)37-14-4-1-5-15-37)36-50(58-56)43-30-26-40(27-31-43)38-16-6-2-7-17-38/h1-36H. The molecule has 1 atom stereocenters. The maximum Gasteiger partial charge on any atom is 0.235 e. The molecule has 286 valence electrons. The highest BCUT2D eigenvalue weighted by molar-refractivity contribution is 7.86. The molecule has 1 aliphatic heterocycles. The lowest BCUT2D eigenvalue weighted by Gasteiger charge is -2.16. The largest absolute Gasteiger partial charge is 0.309 e. The van der Waals surface area contributed by atoms with Crippen LogP contribution in [0, 0.1) is 0 Å². The fourth-order valence-electron chi connectivity index (χ4n) is 9.35. The number of rotatable bonds is 6. The van der Waals surface area contributed by atoms with Gasteiger partial charge >= 0.3 is 0 Å². The molecule has 0 bridgehead atoms. The number of aromatic nitrogens is 3. The second-order valence-corrected chi connectivity index (χ2v) is 18.4. The van der Waals surface area contributed by atoms with Crippen molar-refractivity contribution in [2.75, 3.05) is 0 Å². The van der Waals surface area contributed by atoms with Gasteiger partial charge in [0, 0.05) is 48.8 Å². The second kappa shape index (κ2) is 14.0.